The third kappa shape index (κ3) is 3.26. The van der Waals surface area contributed by atoms with Gasteiger partial charge < -0.3 is 10.4 Å². The second-order valence-corrected chi connectivity index (χ2v) is 5.26. The van der Waals surface area contributed by atoms with Crippen LogP contribution in [0.5, 0.6) is 0 Å². The molecule has 0 aromatic carbocycles. The number of aliphatic hydroxyl groups excluding tert-OH is 1. The molecule has 0 aliphatic carbocycles. The summed E-state index contributed by atoms with van der Waals surface area (Å²) in [6, 6.07) is 0.383. The molecule has 0 bridgehead atoms. The van der Waals surface area contributed by atoms with Crippen LogP contribution in [0.2, 0.25) is 0 Å². The lowest BCUT2D eigenvalue weighted by atomic mass is 10.1. The monoisotopic (exact) mass is 228 g/mol. The summed E-state index contributed by atoms with van der Waals surface area (Å²) >= 11 is 1.73. The van der Waals surface area contributed by atoms with Crippen LogP contribution in [0.4, 0.5) is 0 Å². The predicted molar refractivity (Wildman–Crippen MR) is 64.3 cm³/mol. The Kier molecular flexibility index (Phi) is 4.70. The van der Waals surface area contributed by atoms with E-state index in [1.807, 2.05) is 6.92 Å². The number of nitrogens with one attached hydrogen (secondary N) is 1. The van der Waals surface area contributed by atoms with E-state index >= 15 is 0 Å². The molecule has 0 spiro atoms. The third-order valence-corrected chi connectivity index (χ3v) is 3.45. The molecule has 1 unspecified atom stereocenters. The van der Waals surface area contributed by atoms with E-state index in [4.69, 9.17) is 5.11 Å². The second-order valence-electron chi connectivity index (χ2n) is 3.85. The minimum Gasteiger partial charge on any atom is -0.395 e. The predicted octanol–water partition coefficient (Wildman–Crippen LogP) is 2.18. The Morgan fingerprint density at radius 1 is 1.47 bits per heavy atom. The highest BCUT2D eigenvalue weighted by Crippen LogP contribution is 2.22. The van der Waals surface area contributed by atoms with Crippen LogP contribution in [0.15, 0.2) is 0 Å². The van der Waals surface area contributed by atoms with Gasteiger partial charge in [-0.3, -0.25) is 0 Å². The molecule has 1 heterocycles. The van der Waals surface area contributed by atoms with Gasteiger partial charge >= 0.3 is 0 Å². The summed E-state index contributed by atoms with van der Waals surface area (Å²) in [5, 5.41) is 13.6. The molecule has 15 heavy (non-hydrogen) atoms. The molecule has 0 amide bonds. The fraction of sp³-hybridized carbons (Fsp3) is 0.727. The average molecular weight is 228 g/mol. The first kappa shape index (κ1) is 12.6. The van der Waals surface area contributed by atoms with Gasteiger partial charge in [0.2, 0.25) is 0 Å². The van der Waals surface area contributed by atoms with E-state index in [0.717, 1.165) is 17.1 Å². The largest absolute Gasteiger partial charge is 0.395 e. The van der Waals surface area contributed by atoms with Crippen molar-refractivity contribution in [3.8, 4) is 0 Å². The van der Waals surface area contributed by atoms with Gasteiger partial charge in [0, 0.05) is 17.0 Å². The maximum Gasteiger partial charge on any atom is 0.0900 e. The van der Waals surface area contributed by atoms with E-state index in [2.05, 4.69) is 31.1 Å². The third-order valence-electron chi connectivity index (χ3n) is 2.55. The lowest BCUT2D eigenvalue weighted by molar-refractivity contribution is 0.229. The van der Waals surface area contributed by atoms with Gasteiger partial charge in [-0.1, -0.05) is 6.92 Å². The molecule has 1 aromatic rings. The van der Waals surface area contributed by atoms with Crippen LogP contribution in [0.25, 0.3) is 0 Å². The fourth-order valence-electron chi connectivity index (χ4n) is 1.68. The number of hydrogen-bond acceptors (Lipinski definition) is 4. The van der Waals surface area contributed by atoms with Gasteiger partial charge in [0.1, 0.15) is 0 Å². The van der Waals surface area contributed by atoms with Gasteiger partial charge in [-0.25, -0.2) is 4.98 Å². The second kappa shape index (κ2) is 5.58. The number of hydrogen-bond donors (Lipinski definition) is 2. The lowest BCUT2D eigenvalue weighted by Crippen LogP contribution is -2.34. The van der Waals surface area contributed by atoms with Gasteiger partial charge in [-0.05, 0) is 27.2 Å². The molecule has 0 radical (unpaired) electrons. The number of thiazole rings is 1. The molecule has 3 nitrogen and oxygen atoms in total. The SMILES string of the molecule is CC[C@@H](CO)NC(C)c1nc(C)sc1C. The molecule has 1 aromatic heterocycles. The number of nitrogens with zero attached hydrogens (tertiary/aromatic N) is 1. The average Bonchev–Trinajstić information content (AvgIpc) is 2.54. The lowest BCUT2D eigenvalue weighted by Gasteiger charge is -2.19. The smallest absolute Gasteiger partial charge is 0.0900 e. The maximum atomic E-state index is 9.12. The van der Waals surface area contributed by atoms with E-state index in [0.29, 0.717) is 0 Å². The standard InChI is InChI=1S/C11H20N2OS/c1-5-10(6-14)12-7(2)11-8(3)15-9(4)13-11/h7,10,12,14H,5-6H2,1-4H3/t7?,10-/m0/s1. The van der Waals surface area contributed by atoms with Crippen molar-refractivity contribution in [2.75, 3.05) is 6.61 Å². The Hall–Kier alpha value is -0.450. The van der Waals surface area contributed by atoms with E-state index < -0.39 is 0 Å². The molecule has 0 aliphatic heterocycles. The van der Waals surface area contributed by atoms with Crippen LogP contribution in [-0.2, 0) is 0 Å². The topological polar surface area (TPSA) is 45.1 Å². The zero-order valence-electron chi connectivity index (χ0n) is 9.87. The molecule has 0 saturated carbocycles. The molecular formula is C11H20N2OS. The highest BCUT2D eigenvalue weighted by Gasteiger charge is 2.15. The summed E-state index contributed by atoms with van der Waals surface area (Å²) in [6.07, 6.45) is 0.934. The van der Waals surface area contributed by atoms with E-state index in [1.165, 1.54) is 4.88 Å². The minimum absolute atomic E-state index is 0.168. The molecule has 2 atom stereocenters. The molecule has 0 saturated heterocycles. The number of aliphatic hydroxyl groups is 1. The van der Waals surface area contributed by atoms with Gasteiger partial charge in [0.05, 0.1) is 17.3 Å². The highest BCUT2D eigenvalue weighted by atomic mass is 32.1. The first-order valence-corrected chi connectivity index (χ1v) is 6.21. The van der Waals surface area contributed by atoms with E-state index in [1.54, 1.807) is 11.3 Å². The van der Waals surface area contributed by atoms with Crippen LogP contribution < -0.4 is 5.32 Å². The summed E-state index contributed by atoms with van der Waals surface area (Å²) in [5.74, 6) is 0. The maximum absolute atomic E-state index is 9.12. The van der Waals surface area contributed by atoms with Gasteiger partial charge in [0.15, 0.2) is 0 Å². The Bertz CT molecular complexity index is 308. The summed E-state index contributed by atoms with van der Waals surface area (Å²) < 4.78 is 0. The van der Waals surface area contributed by atoms with Gasteiger partial charge in [-0.15, -0.1) is 11.3 Å². The molecule has 0 fully saturated rings. The summed E-state index contributed by atoms with van der Waals surface area (Å²) in [7, 11) is 0. The van der Waals surface area contributed by atoms with Crippen LogP contribution >= 0.6 is 11.3 Å². The number of aryl methyl sites for hydroxylation is 2. The summed E-state index contributed by atoms with van der Waals surface area (Å²) in [6.45, 7) is 8.47. The molecule has 86 valence electrons. The van der Waals surface area contributed by atoms with Crippen molar-refractivity contribution in [1.82, 2.24) is 10.3 Å². The van der Waals surface area contributed by atoms with Crippen molar-refractivity contribution >= 4 is 11.3 Å². The molecule has 4 heteroatoms. The van der Waals surface area contributed by atoms with Crippen molar-refractivity contribution < 1.29 is 5.11 Å². The van der Waals surface area contributed by atoms with E-state index in [-0.39, 0.29) is 18.7 Å². The molecule has 2 N–H and O–H groups in total. The minimum atomic E-state index is 0.168. The summed E-state index contributed by atoms with van der Waals surface area (Å²) in [5.41, 5.74) is 1.12. The van der Waals surface area contributed by atoms with Crippen LogP contribution in [-0.4, -0.2) is 22.7 Å². The first-order chi connectivity index (χ1) is 7.08. The number of rotatable bonds is 5. The zero-order chi connectivity index (χ0) is 11.4. The Morgan fingerprint density at radius 2 is 2.13 bits per heavy atom. The van der Waals surface area contributed by atoms with Crippen LogP contribution in [0.3, 0.4) is 0 Å². The van der Waals surface area contributed by atoms with Crippen molar-refractivity contribution in [2.45, 2.75) is 46.2 Å². The molecule has 1 rings (SSSR count). The van der Waals surface area contributed by atoms with E-state index in [9.17, 15) is 0 Å². The van der Waals surface area contributed by atoms with Crippen LogP contribution in [0.1, 0.15) is 41.9 Å². The van der Waals surface area contributed by atoms with Crippen molar-refractivity contribution in [3.63, 3.8) is 0 Å². The fourth-order valence-corrected chi connectivity index (χ4v) is 2.59. The highest BCUT2D eigenvalue weighted by molar-refractivity contribution is 7.11. The van der Waals surface area contributed by atoms with Crippen molar-refractivity contribution in [1.29, 1.82) is 0 Å². The van der Waals surface area contributed by atoms with Gasteiger partial charge in [0.25, 0.3) is 0 Å². The first-order valence-electron chi connectivity index (χ1n) is 5.39. The Labute approximate surface area is 95.6 Å². The van der Waals surface area contributed by atoms with Gasteiger partial charge in [-0.2, -0.15) is 0 Å². The quantitative estimate of drug-likeness (QED) is 0.812. The van der Waals surface area contributed by atoms with Crippen LogP contribution in [0, 0.1) is 13.8 Å². The normalized spacial score (nSPS) is 15.3. The van der Waals surface area contributed by atoms with Crippen molar-refractivity contribution in [2.24, 2.45) is 0 Å². The molecular weight excluding hydrogens is 208 g/mol. The number of aromatic nitrogens is 1. The Morgan fingerprint density at radius 3 is 2.53 bits per heavy atom. The Balaban J connectivity index is 2.67. The summed E-state index contributed by atoms with van der Waals surface area (Å²) in [4.78, 5) is 5.77. The van der Waals surface area contributed by atoms with Crippen molar-refractivity contribution in [3.05, 3.63) is 15.6 Å². The molecule has 0 aliphatic rings. The zero-order valence-corrected chi connectivity index (χ0v) is 10.7.